The summed E-state index contributed by atoms with van der Waals surface area (Å²) in [4.78, 5) is 23.4. The number of thiophene rings is 1. The average molecular weight is 457 g/mol. The van der Waals surface area contributed by atoms with Crippen molar-refractivity contribution in [2.75, 3.05) is 5.32 Å². The number of hydrogen-bond donors (Lipinski definition) is 1. The van der Waals surface area contributed by atoms with E-state index >= 15 is 0 Å². The Labute approximate surface area is 186 Å². The largest absolute Gasteiger partial charge is 0.307 e. The summed E-state index contributed by atoms with van der Waals surface area (Å²) in [7, 11) is 0. The highest BCUT2D eigenvalue weighted by atomic mass is 35.5. The molecule has 11 heteroatoms. The van der Waals surface area contributed by atoms with Gasteiger partial charge in [0.1, 0.15) is 12.4 Å². The molecule has 0 atom stereocenters. The molecule has 0 aliphatic carbocycles. The van der Waals surface area contributed by atoms with E-state index in [0.717, 1.165) is 16.8 Å². The molecular formula is C20H17ClN6O3S. The van der Waals surface area contributed by atoms with E-state index in [9.17, 15) is 14.9 Å². The first-order valence-corrected chi connectivity index (χ1v) is 10.5. The van der Waals surface area contributed by atoms with Crippen LogP contribution < -0.4 is 5.32 Å². The SMILES string of the molecule is Cc1cc(NC(=O)c2cc(Cn3cc([N+](=O)[O-])cn3)cs2)nn1Cc1cccc(Cl)c1. The summed E-state index contributed by atoms with van der Waals surface area (Å²) in [6, 6.07) is 11.1. The van der Waals surface area contributed by atoms with E-state index in [1.54, 1.807) is 16.8 Å². The number of nitrogens with one attached hydrogen (secondary N) is 1. The molecule has 158 valence electrons. The minimum atomic E-state index is -0.497. The molecule has 1 aromatic carbocycles. The van der Waals surface area contributed by atoms with Gasteiger partial charge in [-0.25, -0.2) is 0 Å². The number of carbonyl (C=O) groups excluding carboxylic acids is 1. The zero-order chi connectivity index (χ0) is 22.0. The summed E-state index contributed by atoms with van der Waals surface area (Å²) in [6.45, 7) is 2.80. The molecule has 31 heavy (non-hydrogen) atoms. The zero-order valence-electron chi connectivity index (χ0n) is 16.4. The monoisotopic (exact) mass is 456 g/mol. The van der Waals surface area contributed by atoms with E-state index in [0.29, 0.717) is 28.8 Å². The molecule has 0 aliphatic heterocycles. The van der Waals surface area contributed by atoms with Gasteiger partial charge in [0, 0.05) is 16.8 Å². The van der Waals surface area contributed by atoms with Crippen LogP contribution in [0.1, 0.15) is 26.5 Å². The highest BCUT2D eigenvalue weighted by Crippen LogP contribution is 2.20. The van der Waals surface area contributed by atoms with Crippen LogP contribution in [0.4, 0.5) is 11.5 Å². The highest BCUT2D eigenvalue weighted by Gasteiger charge is 2.14. The summed E-state index contributed by atoms with van der Waals surface area (Å²) in [5.41, 5.74) is 2.67. The Balaban J connectivity index is 1.41. The van der Waals surface area contributed by atoms with Gasteiger partial charge in [0.2, 0.25) is 0 Å². The minimum absolute atomic E-state index is 0.0723. The van der Waals surface area contributed by atoms with E-state index in [4.69, 9.17) is 11.6 Å². The third kappa shape index (κ3) is 4.98. The molecule has 4 aromatic rings. The number of aromatic nitrogens is 4. The van der Waals surface area contributed by atoms with Crippen molar-refractivity contribution in [3.05, 3.63) is 91.0 Å². The van der Waals surface area contributed by atoms with Gasteiger partial charge in [0.05, 0.1) is 22.9 Å². The Bertz CT molecular complexity index is 1260. The second kappa shape index (κ2) is 8.70. The van der Waals surface area contributed by atoms with Crippen molar-refractivity contribution in [3.8, 4) is 0 Å². The standard InChI is InChI=1S/C20H17ClN6O3S/c1-13-5-19(24-26(13)10-14-3-2-4-16(21)6-14)23-20(28)18-7-15(12-31-18)9-25-11-17(8-22-25)27(29)30/h2-8,11-12H,9-10H2,1H3,(H,23,24,28). The lowest BCUT2D eigenvalue weighted by molar-refractivity contribution is -0.385. The van der Waals surface area contributed by atoms with Gasteiger partial charge in [-0.05, 0) is 41.6 Å². The Morgan fingerprint density at radius 2 is 2.10 bits per heavy atom. The maximum Gasteiger partial charge on any atom is 0.307 e. The lowest BCUT2D eigenvalue weighted by Gasteiger charge is -2.05. The number of nitrogens with zero attached hydrogens (tertiary/aromatic N) is 5. The quantitative estimate of drug-likeness (QED) is 0.328. The van der Waals surface area contributed by atoms with Crippen LogP contribution in [-0.4, -0.2) is 30.4 Å². The first-order chi connectivity index (χ1) is 14.9. The molecule has 0 unspecified atom stereocenters. The summed E-state index contributed by atoms with van der Waals surface area (Å²) >= 11 is 7.33. The molecule has 3 aromatic heterocycles. The Morgan fingerprint density at radius 1 is 1.26 bits per heavy atom. The Kier molecular flexibility index (Phi) is 5.83. The number of anilines is 1. The topological polar surface area (TPSA) is 108 Å². The molecule has 9 nitrogen and oxygen atoms in total. The van der Waals surface area contributed by atoms with Crippen LogP contribution in [0.3, 0.4) is 0 Å². The number of halogens is 1. The molecule has 0 aliphatic rings. The van der Waals surface area contributed by atoms with Gasteiger partial charge in [0.25, 0.3) is 5.91 Å². The minimum Gasteiger partial charge on any atom is -0.304 e. The van der Waals surface area contributed by atoms with Gasteiger partial charge < -0.3 is 5.32 Å². The van der Waals surface area contributed by atoms with Crippen LogP contribution in [0.25, 0.3) is 0 Å². The van der Waals surface area contributed by atoms with Crippen LogP contribution in [0, 0.1) is 17.0 Å². The van der Waals surface area contributed by atoms with Crippen molar-refractivity contribution in [3.63, 3.8) is 0 Å². The molecule has 4 rings (SSSR count). The van der Waals surface area contributed by atoms with E-state index in [1.165, 1.54) is 28.4 Å². The number of amides is 1. The zero-order valence-corrected chi connectivity index (χ0v) is 17.9. The molecule has 0 fully saturated rings. The third-order valence-corrected chi connectivity index (χ3v) is 5.71. The predicted octanol–water partition coefficient (Wildman–Crippen LogP) is 4.36. The first kappa shape index (κ1) is 20.8. The lowest BCUT2D eigenvalue weighted by atomic mass is 10.2. The molecule has 0 bridgehead atoms. The summed E-state index contributed by atoms with van der Waals surface area (Å²) in [5.74, 6) is 0.192. The van der Waals surface area contributed by atoms with Crippen molar-refractivity contribution in [1.82, 2.24) is 19.6 Å². The first-order valence-electron chi connectivity index (χ1n) is 9.22. The lowest BCUT2D eigenvalue weighted by Crippen LogP contribution is -2.11. The van der Waals surface area contributed by atoms with Gasteiger partial charge >= 0.3 is 5.69 Å². The number of rotatable bonds is 7. The van der Waals surface area contributed by atoms with Crippen LogP contribution in [0.15, 0.2) is 54.2 Å². The van der Waals surface area contributed by atoms with E-state index in [1.807, 2.05) is 36.6 Å². The fourth-order valence-corrected chi connectivity index (χ4v) is 4.03. The van der Waals surface area contributed by atoms with Crippen molar-refractivity contribution in [1.29, 1.82) is 0 Å². The van der Waals surface area contributed by atoms with Crippen LogP contribution in [-0.2, 0) is 13.1 Å². The number of nitro groups is 1. The Morgan fingerprint density at radius 3 is 2.84 bits per heavy atom. The van der Waals surface area contributed by atoms with Crippen molar-refractivity contribution < 1.29 is 9.72 Å². The molecule has 0 radical (unpaired) electrons. The second-order valence-corrected chi connectivity index (χ2v) is 8.23. The molecule has 0 spiro atoms. The number of carbonyl (C=O) groups is 1. The molecule has 0 saturated carbocycles. The van der Waals surface area contributed by atoms with Crippen LogP contribution >= 0.6 is 22.9 Å². The van der Waals surface area contributed by atoms with Gasteiger partial charge in [-0.2, -0.15) is 10.2 Å². The van der Waals surface area contributed by atoms with Crippen molar-refractivity contribution in [2.24, 2.45) is 0 Å². The fourth-order valence-electron chi connectivity index (χ4n) is 3.02. The summed E-state index contributed by atoms with van der Waals surface area (Å²) in [5, 5.41) is 24.5. The highest BCUT2D eigenvalue weighted by molar-refractivity contribution is 7.12. The molecule has 1 N–H and O–H groups in total. The second-order valence-electron chi connectivity index (χ2n) is 6.89. The maximum absolute atomic E-state index is 12.6. The van der Waals surface area contributed by atoms with E-state index in [-0.39, 0.29) is 11.6 Å². The van der Waals surface area contributed by atoms with Crippen molar-refractivity contribution in [2.45, 2.75) is 20.0 Å². The molecule has 3 heterocycles. The fraction of sp³-hybridized carbons (Fsp3) is 0.150. The van der Waals surface area contributed by atoms with Gasteiger partial charge in [-0.1, -0.05) is 23.7 Å². The van der Waals surface area contributed by atoms with Gasteiger partial charge in [-0.15, -0.1) is 11.3 Å². The molecular weight excluding hydrogens is 440 g/mol. The number of aryl methyl sites for hydroxylation is 1. The van der Waals surface area contributed by atoms with Gasteiger partial charge in [-0.3, -0.25) is 24.3 Å². The van der Waals surface area contributed by atoms with E-state index in [2.05, 4.69) is 15.5 Å². The van der Waals surface area contributed by atoms with E-state index < -0.39 is 4.92 Å². The summed E-state index contributed by atoms with van der Waals surface area (Å²) in [6.07, 6.45) is 2.55. The maximum atomic E-state index is 12.6. The Hall–Kier alpha value is -3.50. The number of hydrogen-bond acceptors (Lipinski definition) is 6. The van der Waals surface area contributed by atoms with Gasteiger partial charge in [0.15, 0.2) is 5.82 Å². The summed E-state index contributed by atoms with van der Waals surface area (Å²) < 4.78 is 3.26. The molecule has 1 amide bonds. The number of benzene rings is 1. The van der Waals surface area contributed by atoms with Crippen LogP contribution in [0.5, 0.6) is 0 Å². The normalized spacial score (nSPS) is 10.9. The van der Waals surface area contributed by atoms with Crippen LogP contribution in [0.2, 0.25) is 5.02 Å². The average Bonchev–Trinajstić information content (AvgIpc) is 3.44. The third-order valence-electron chi connectivity index (χ3n) is 4.50. The predicted molar refractivity (Wildman–Crippen MR) is 118 cm³/mol. The smallest absolute Gasteiger partial charge is 0.304 e. The molecule has 0 saturated heterocycles. The van der Waals surface area contributed by atoms with Crippen molar-refractivity contribution >= 4 is 40.4 Å².